The Morgan fingerprint density at radius 3 is 2.50 bits per heavy atom. The Hall–Kier alpha value is -3.26. The highest BCUT2D eigenvalue weighted by Gasteiger charge is 2.12. The molecule has 2 heterocycles. The number of nitrogens with zero attached hydrogens (tertiary/aromatic N) is 4. The first kappa shape index (κ1) is 18.1. The van der Waals surface area contributed by atoms with Crippen LogP contribution < -0.4 is 4.74 Å². The minimum absolute atomic E-state index is 0.00272. The van der Waals surface area contributed by atoms with E-state index in [2.05, 4.69) is 15.3 Å². The van der Waals surface area contributed by atoms with Crippen LogP contribution in [0.1, 0.15) is 10.4 Å². The molecule has 0 atom stereocenters. The van der Waals surface area contributed by atoms with Crippen molar-refractivity contribution >= 4 is 23.2 Å². The highest BCUT2D eigenvalue weighted by Crippen LogP contribution is 2.22. The molecule has 0 spiro atoms. The molecule has 0 aliphatic carbocycles. The van der Waals surface area contributed by atoms with E-state index in [1.807, 2.05) is 0 Å². The summed E-state index contributed by atoms with van der Waals surface area (Å²) in [6.45, 7) is 0. The van der Waals surface area contributed by atoms with Crippen LogP contribution in [0.5, 0.6) is 5.75 Å². The van der Waals surface area contributed by atoms with E-state index >= 15 is 0 Å². The molecule has 0 unspecified atom stereocenters. The number of thioether (sulfide) groups is 1. The molecule has 4 aromatic rings. The second kappa shape index (κ2) is 7.77. The van der Waals surface area contributed by atoms with Crippen molar-refractivity contribution in [3.05, 3.63) is 72.0 Å². The van der Waals surface area contributed by atoms with E-state index in [1.54, 1.807) is 60.2 Å². The Kier molecular flexibility index (Phi) is 5.03. The molecule has 28 heavy (non-hydrogen) atoms. The summed E-state index contributed by atoms with van der Waals surface area (Å²) >= 11 is 1.33. The first-order chi connectivity index (χ1) is 13.6. The fourth-order valence-electron chi connectivity index (χ4n) is 2.63. The van der Waals surface area contributed by atoms with Gasteiger partial charge in [-0.15, -0.1) is 10.2 Å². The Balaban J connectivity index is 1.53. The summed E-state index contributed by atoms with van der Waals surface area (Å²) in [5, 5.41) is 13.4. The molecular weight excluding hydrogens is 379 g/mol. The average Bonchev–Trinajstić information content (AvgIpc) is 3.16. The van der Waals surface area contributed by atoms with Crippen molar-refractivity contribution in [2.24, 2.45) is 0 Å². The van der Waals surface area contributed by atoms with Gasteiger partial charge in [0.1, 0.15) is 16.6 Å². The second-order valence-corrected chi connectivity index (χ2v) is 6.91. The number of hydrogen-bond acceptors (Lipinski definition) is 6. The number of ether oxygens (including phenoxy) is 1. The number of halogens is 1. The third-order valence-corrected chi connectivity index (χ3v) is 5.02. The third kappa shape index (κ3) is 3.72. The summed E-state index contributed by atoms with van der Waals surface area (Å²) in [5.74, 6) is 1.14. The van der Waals surface area contributed by atoms with Gasteiger partial charge >= 0.3 is 0 Å². The van der Waals surface area contributed by atoms with Crippen molar-refractivity contribution < 1.29 is 13.9 Å². The van der Waals surface area contributed by atoms with Gasteiger partial charge in [-0.25, -0.2) is 4.39 Å². The van der Waals surface area contributed by atoms with Crippen LogP contribution in [0, 0.1) is 5.82 Å². The first-order valence-electron chi connectivity index (χ1n) is 8.42. The number of aromatic nitrogens is 4. The Morgan fingerprint density at radius 2 is 1.79 bits per heavy atom. The maximum atomic E-state index is 13.2. The van der Waals surface area contributed by atoms with Gasteiger partial charge in [-0.1, -0.05) is 11.8 Å². The molecular formula is C20H15FN4O2S. The fraction of sp³-hybridized carbons (Fsp3) is 0.100. The SMILES string of the molecule is COc1ccc(C(=O)CSc2ccc3nnc(-c4ccc(F)cc4)n3n2)cc1. The van der Waals surface area contributed by atoms with E-state index in [0.29, 0.717) is 33.4 Å². The molecule has 0 radical (unpaired) electrons. The molecule has 2 aromatic heterocycles. The summed E-state index contributed by atoms with van der Waals surface area (Å²) in [5.41, 5.74) is 1.90. The number of hydrogen-bond donors (Lipinski definition) is 0. The Morgan fingerprint density at radius 1 is 1.04 bits per heavy atom. The van der Waals surface area contributed by atoms with Crippen LogP contribution in [0.2, 0.25) is 0 Å². The number of rotatable bonds is 6. The lowest BCUT2D eigenvalue weighted by molar-refractivity contribution is 0.102. The average molecular weight is 394 g/mol. The predicted molar refractivity (Wildman–Crippen MR) is 104 cm³/mol. The van der Waals surface area contributed by atoms with Crippen LogP contribution in [-0.4, -0.2) is 38.5 Å². The Labute approximate surface area is 164 Å². The van der Waals surface area contributed by atoms with Crippen LogP contribution in [0.3, 0.4) is 0 Å². The van der Waals surface area contributed by atoms with Gasteiger partial charge in [0.05, 0.1) is 12.9 Å². The first-order valence-corrected chi connectivity index (χ1v) is 9.41. The van der Waals surface area contributed by atoms with E-state index in [-0.39, 0.29) is 17.4 Å². The van der Waals surface area contributed by atoms with Crippen LogP contribution in [0.4, 0.5) is 4.39 Å². The van der Waals surface area contributed by atoms with Crippen molar-refractivity contribution in [3.8, 4) is 17.1 Å². The fourth-order valence-corrected chi connectivity index (χ4v) is 3.38. The lowest BCUT2D eigenvalue weighted by atomic mass is 10.1. The van der Waals surface area contributed by atoms with Gasteiger partial charge in [-0.05, 0) is 60.7 Å². The highest BCUT2D eigenvalue weighted by atomic mass is 32.2. The molecule has 8 heteroatoms. The highest BCUT2D eigenvalue weighted by molar-refractivity contribution is 7.99. The number of carbonyl (C=O) groups excluding carboxylic acids is 1. The van der Waals surface area contributed by atoms with Crippen molar-refractivity contribution in [1.82, 2.24) is 19.8 Å². The standard InChI is InChI=1S/C20H15FN4O2S/c1-27-16-8-4-13(5-9-16)17(26)12-28-19-11-10-18-22-23-20(25(18)24-19)14-2-6-15(21)7-3-14/h2-11H,12H2,1H3. The molecule has 140 valence electrons. The monoisotopic (exact) mass is 394 g/mol. The molecule has 2 aromatic carbocycles. The lowest BCUT2D eigenvalue weighted by Gasteiger charge is -2.04. The molecule has 0 bridgehead atoms. The number of methoxy groups -OCH3 is 1. The van der Waals surface area contributed by atoms with Gasteiger partial charge in [0, 0.05) is 11.1 Å². The van der Waals surface area contributed by atoms with Gasteiger partial charge in [0.15, 0.2) is 17.3 Å². The number of Topliss-reactive ketones (excluding diaryl/α,β-unsaturated/α-hetero) is 1. The van der Waals surface area contributed by atoms with E-state index in [1.165, 1.54) is 23.9 Å². The number of fused-ring (bicyclic) bond motifs is 1. The third-order valence-electron chi connectivity index (χ3n) is 4.10. The maximum absolute atomic E-state index is 13.2. The molecule has 0 aliphatic rings. The smallest absolute Gasteiger partial charge is 0.185 e. The van der Waals surface area contributed by atoms with Crippen LogP contribution in [0.25, 0.3) is 17.0 Å². The molecule has 0 aliphatic heterocycles. The largest absolute Gasteiger partial charge is 0.497 e. The van der Waals surface area contributed by atoms with Gasteiger partial charge in [0.25, 0.3) is 0 Å². The van der Waals surface area contributed by atoms with Gasteiger partial charge in [0.2, 0.25) is 0 Å². The number of benzene rings is 2. The van der Waals surface area contributed by atoms with Gasteiger partial charge in [-0.2, -0.15) is 9.61 Å². The van der Waals surface area contributed by atoms with Crippen LogP contribution in [0.15, 0.2) is 65.7 Å². The topological polar surface area (TPSA) is 69.4 Å². The zero-order valence-corrected chi connectivity index (χ0v) is 15.7. The summed E-state index contributed by atoms with van der Waals surface area (Å²) in [6.07, 6.45) is 0. The summed E-state index contributed by atoms with van der Waals surface area (Å²) in [4.78, 5) is 12.4. The Bertz CT molecular complexity index is 1130. The van der Waals surface area contributed by atoms with Crippen LogP contribution in [-0.2, 0) is 0 Å². The molecule has 0 amide bonds. The van der Waals surface area contributed by atoms with Crippen molar-refractivity contribution in [2.45, 2.75) is 5.03 Å². The number of ketones is 1. The molecule has 0 fully saturated rings. The maximum Gasteiger partial charge on any atom is 0.185 e. The molecule has 6 nitrogen and oxygen atoms in total. The van der Waals surface area contributed by atoms with Crippen LogP contribution >= 0.6 is 11.8 Å². The van der Waals surface area contributed by atoms with Crippen molar-refractivity contribution in [1.29, 1.82) is 0 Å². The molecule has 4 rings (SSSR count). The summed E-state index contributed by atoms with van der Waals surface area (Å²) < 4.78 is 19.9. The minimum atomic E-state index is -0.321. The molecule has 0 saturated carbocycles. The molecule has 0 saturated heterocycles. The summed E-state index contributed by atoms with van der Waals surface area (Å²) in [7, 11) is 1.58. The summed E-state index contributed by atoms with van der Waals surface area (Å²) in [6, 6.07) is 16.6. The van der Waals surface area contributed by atoms with E-state index < -0.39 is 0 Å². The normalized spacial score (nSPS) is 10.9. The van der Waals surface area contributed by atoms with E-state index in [4.69, 9.17) is 4.74 Å². The van der Waals surface area contributed by atoms with E-state index in [0.717, 1.165) is 0 Å². The van der Waals surface area contributed by atoms with Gasteiger partial charge < -0.3 is 4.74 Å². The quantitative estimate of drug-likeness (QED) is 0.365. The van der Waals surface area contributed by atoms with Gasteiger partial charge in [-0.3, -0.25) is 4.79 Å². The zero-order valence-electron chi connectivity index (χ0n) is 14.9. The van der Waals surface area contributed by atoms with Crippen molar-refractivity contribution in [3.63, 3.8) is 0 Å². The van der Waals surface area contributed by atoms with E-state index in [9.17, 15) is 9.18 Å². The zero-order chi connectivity index (χ0) is 19.5. The molecule has 0 N–H and O–H groups in total. The second-order valence-electron chi connectivity index (χ2n) is 5.91. The lowest BCUT2D eigenvalue weighted by Crippen LogP contribution is -2.03. The predicted octanol–water partition coefficient (Wildman–Crippen LogP) is 3.91. The minimum Gasteiger partial charge on any atom is -0.497 e. The number of carbonyl (C=O) groups is 1. The van der Waals surface area contributed by atoms with Crippen molar-refractivity contribution in [2.75, 3.05) is 12.9 Å².